The Bertz CT molecular complexity index is 733. The minimum Gasteiger partial charge on any atom is -0.496 e. The minimum atomic E-state index is -0.511. The van der Waals surface area contributed by atoms with E-state index in [1.165, 1.54) is 25.4 Å². The van der Waals surface area contributed by atoms with E-state index < -0.39 is 10.9 Å². The molecule has 0 aliphatic carbocycles. The van der Waals surface area contributed by atoms with Crippen molar-refractivity contribution in [2.75, 3.05) is 19.0 Å². The number of anilines is 1. The number of methoxy groups -OCH3 is 1. The lowest BCUT2D eigenvalue weighted by atomic mass is 10.2. The molecule has 0 amide bonds. The molecule has 2 aromatic rings. The molecular formula is C17H19N3O5. The van der Waals surface area contributed by atoms with Crippen molar-refractivity contribution in [3.8, 4) is 5.75 Å². The fraction of sp³-hybridized carbons (Fsp3) is 0.294. The lowest BCUT2D eigenvalue weighted by Gasteiger charge is -2.18. The zero-order valence-electron chi connectivity index (χ0n) is 14.0. The van der Waals surface area contributed by atoms with Gasteiger partial charge in [0.2, 0.25) is 0 Å². The highest BCUT2D eigenvalue weighted by atomic mass is 16.6. The van der Waals surface area contributed by atoms with Crippen LogP contribution in [0, 0.1) is 10.1 Å². The quantitative estimate of drug-likeness (QED) is 0.445. The number of benzene rings is 1. The van der Waals surface area contributed by atoms with Crippen molar-refractivity contribution in [1.82, 2.24) is 4.98 Å². The Morgan fingerprint density at radius 1 is 1.32 bits per heavy atom. The standard InChI is InChI=1S/C17H19N3O5/c1-3-12(19-16-9-8-13(10-18-16)20(22)23)11-25-17(21)14-6-4-5-7-15(14)24-2/h4-10,12H,3,11H2,1-2H3,(H,18,19). The molecule has 0 spiro atoms. The largest absolute Gasteiger partial charge is 0.496 e. The van der Waals surface area contributed by atoms with Gasteiger partial charge in [0.1, 0.15) is 29.9 Å². The van der Waals surface area contributed by atoms with Gasteiger partial charge in [0.15, 0.2) is 0 Å². The number of pyridine rings is 1. The number of ether oxygens (including phenoxy) is 2. The number of carbonyl (C=O) groups excluding carboxylic acids is 1. The van der Waals surface area contributed by atoms with Gasteiger partial charge in [0, 0.05) is 6.07 Å². The van der Waals surface area contributed by atoms with Crippen LogP contribution in [0.5, 0.6) is 5.75 Å². The van der Waals surface area contributed by atoms with Gasteiger partial charge in [-0.1, -0.05) is 19.1 Å². The summed E-state index contributed by atoms with van der Waals surface area (Å²) in [6.07, 6.45) is 1.85. The molecule has 0 bridgehead atoms. The number of nitro groups is 1. The lowest BCUT2D eigenvalue weighted by Crippen LogP contribution is -2.27. The third-order valence-electron chi connectivity index (χ3n) is 3.55. The predicted molar refractivity (Wildman–Crippen MR) is 91.9 cm³/mol. The fourth-order valence-electron chi connectivity index (χ4n) is 2.12. The van der Waals surface area contributed by atoms with Crippen molar-refractivity contribution in [3.05, 3.63) is 58.3 Å². The number of nitrogens with zero attached hydrogens (tertiary/aromatic N) is 2. The molecule has 8 heteroatoms. The summed E-state index contributed by atoms with van der Waals surface area (Å²) in [6.45, 7) is 2.06. The van der Waals surface area contributed by atoms with Gasteiger partial charge in [-0.15, -0.1) is 0 Å². The second-order valence-corrected chi connectivity index (χ2v) is 5.21. The van der Waals surface area contributed by atoms with Crippen LogP contribution in [0.3, 0.4) is 0 Å². The van der Waals surface area contributed by atoms with Gasteiger partial charge in [0.05, 0.1) is 18.1 Å². The number of para-hydroxylation sites is 1. The summed E-state index contributed by atoms with van der Waals surface area (Å²) in [4.78, 5) is 26.3. The van der Waals surface area contributed by atoms with E-state index in [9.17, 15) is 14.9 Å². The summed E-state index contributed by atoms with van der Waals surface area (Å²) < 4.78 is 10.5. The molecule has 0 aliphatic heterocycles. The fourth-order valence-corrected chi connectivity index (χ4v) is 2.12. The monoisotopic (exact) mass is 345 g/mol. The van der Waals surface area contributed by atoms with E-state index in [0.717, 1.165) is 0 Å². The molecular weight excluding hydrogens is 326 g/mol. The Hall–Kier alpha value is -3.16. The Morgan fingerprint density at radius 3 is 2.68 bits per heavy atom. The van der Waals surface area contributed by atoms with Crippen LogP contribution < -0.4 is 10.1 Å². The van der Waals surface area contributed by atoms with Crippen molar-refractivity contribution in [2.24, 2.45) is 0 Å². The summed E-state index contributed by atoms with van der Waals surface area (Å²) >= 11 is 0. The predicted octanol–water partition coefficient (Wildman–Crippen LogP) is 3.05. The van der Waals surface area contributed by atoms with E-state index >= 15 is 0 Å². The Morgan fingerprint density at radius 2 is 2.08 bits per heavy atom. The van der Waals surface area contributed by atoms with Crippen LogP contribution in [-0.4, -0.2) is 35.6 Å². The Kier molecular flexibility index (Phi) is 6.27. The van der Waals surface area contributed by atoms with Crippen LogP contribution in [0.4, 0.5) is 11.5 Å². The normalized spacial score (nSPS) is 11.4. The van der Waals surface area contributed by atoms with Gasteiger partial charge in [-0.2, -0.15) is 0 Å². The van der Waals surface area contributed by atoms with Crippen molar-refractivity contribution in [2.45, 2.75) is 19.4 Å². The first-order valence-corrected chi connectivity index (χ1v) is 7.72. The first-order valence-electron chi connectivity index (χ1n) is 7.72. The van der Waals surface area contributed by atoms with E-state index in [0.29, 0.717) is 23.6 Å². The number of hydrogen-bond acceptors (Lipinski definition) is 7. The van der Waals surface area contributed by atoms with Gasteiger partial charge in [-0.25, -0.2) is 9.78 Å². The van der Waals surface area contributed by atoms with Crippen LogP contribution in [0.1, 0.15) is 23.7 Å². The maximum atomic E-state index is 12.2. The van der Waals surface area contributed by atoms with E-state index in [4.69, 9.17) is 9.47 Å². The van der Waals surface area contributed by atoms with Crippen molar-refractivity contribution >= 4 is 17.5 Å². The third kappa shape index (κ3) is 4.90. The summed E-state index contributed by atoms with van der Waals surface area (Å²) in [5.41, 5.74) is 0.273. The highest BCUT2D eigenvalue weighted by molar-refractivity contribution is 5.92. The summed E-state index contributed by atoms with van der Waals surface area (Å²) in [5.74, 6) is 0.450. The molecule has 8 nitrogen and oxygen atoms in total. The molecule has 0 saturated carbocycles. The number of rotatable bonds is 8. The van der Waals surface area contributed by atoms with Gasteiger partial charge in [-0.3, -0.25) is 10.1 Å². The molecule has 1 aromatic carbocycles. The zero-order valence-corrected chi connectivity index (χ0v) is 14.0. The van der Waals surface area contributed by atoms with Crippen LogP contribution in [0.25, 0.3) is 0 Å². The number of nitrogens with one attached hydrogen (secondary N) is 1. The lowest BCUT2D eigenvalue weighted by molar-refractivity contribution is -0.385. The number of aromatic nitrogens is 1. The molecule has 1 aromatic heterocycles. The van der Waals surface area contributed by atoms with Crippen molar-refractivity contribution in [3.63, 3.8) is 0 Å². The topological polar surface area (TPSA) is 104 Å². The molecule has 1 atom stereocenters. The van der Waals surface area contributed by atoms with Crippen LogP contribution in [0.15, 0.2) is 42.6 Å². The number of esters is 1. The Balaban J connectivity index is 1.95. The molecule has 0 radical (unpaired) electrons. The second kappa shape index (κ2) is 8.62. The minimum absolute atomic E-state index is 0.0822. The average molecular weight is 345 g/mol. The molecule has 0 saturated heterocycles. The molecule has 2 rings (SSSR count). The number of carbonyl (C=O) groups is 1. The van der Waals surface area contributed by atoms with Crippen LogP contribution in [-0.2, 0) is 4.74 Å². The van der Waals surface area contributed by atoms with E-state index in [-0.39, 0.29) is 18.3 Å². The van der Waals surface area contributed by atoms with E-state index in [1.807, 2.05) is 6.92 Å². The summed E-state index contributed by atoms with van der Waals surface area (Å²) in [6, 6.07) is 9.53. The molecule has 0 fully saturated rings. The zero-order chi connectivity index (χ0) is 18.2. The maximum Gasteiger partial charge on any atom is 0.341 e. The van der Waals surface area contributed by atoms with E-state index in [2.05, 4.69) is 10.3 Å². The SMILES string of the molecule is CCC(COC(=O)c1ccccc1OC)Nc1ccc([N+](=O)[O-])cn1. The highest BCUT2D eigenvalue weighted by Crippen LogP contribution is 2.19. The first kappa shape index (κ1) is 18.2. The first-order chi connectivity index (χ1) is 12.0. The second-order valence-electron chi connectivity index (χ2n) is 5.21. The third-order valence-corrected chi connectivity index (χ3v) is 3.55. The molecule has 1 heterocycles. The van der Waals surface area contributed by atoms with Gasteiger partial charge in [-0.05, 0) is 24.6 Å². The smallest absolute Gasteiger partial charge is 0.341 e. The molecule has 0 aliphatic rings. The van der Waals surface area contributed by atoms with Gasteiger partial charge in [0.25, 0.3) is 5.69 Å². The van der Waals surface area contributed by atoms with Crippen LogP contribution in [0.2, 0.25) is 0 Å². The summed E-state index contributed by atoms with van der Waals surface area (Å²) in [5, 5.41) is 13.7. The highest BCUT2D eigenvalue weighted by Gasteiger charge is 2.16. The Labute approximate surface area is 144 Å². The summed E-state index contributed by atoms with van der Waals surface area (Å²) in [7, 11) is 1.49. The molecule has 1 N–H and O–H groups in total. The molecule has 132 valence electrons. The van der Waals surface area contributed by atoms with Gasteiger partial charge >= 0.3 is 5.97 Å². The van der Waals surface area contributed by atoms with Crippen molar-refractivity contribution in [1.29, 1.82) is 0 Å². The van der Waals surface area contributed by atoms with E-state index in [1.54, 1.807) is 24.3 Å². The number of hydrogen-bond donors (Lipinski definition) is 1. The maximum absolute atomic E-state index is 12.2. The van der Waals surface area contributed by atoms with Crippen molar-refractivity contribution < 1.29 is 19.2 Å². The average Bonchev–Trinajstić information content (AvgIpc) is 2.65. The molecule has 25 heavy (non-hydrogen) atoms. The van der Waals surface area contributed by atoms with Gasteiger partial charge < -0.3 is 14.8 Å². The van der Waals surface area contributed by atoms with Crippen LogP contribution >= 0.6 is 0 Å². The molecule has 1 unspecified atom stereocenters.